The Kier molecular flexibility index (Phi) is 12.2. The van der Waals surface area contributed by atoms with Gasteiger partial charge in [0.15, 0.2) is 0 Å². The average molecular weight is 607 g/mol. The number of hydrogen-bond acceptors (Lipinski definition) is 8. The van der Waals surface area contributed by atoms with E-state index in [-0.39, 0.29) is 36.0 Å². The van der Waals surface area contributed by atoms with Gasteiger partial charge in [-0.25, -0.2) is 4.98 Å². The summed E-state index contributed by atoms with van der Waals surface area (Å²) in [6, 6.07) is -1.55. The molecule has 0 spiro atoms. The minimum Gasteiger partial charge on any atom is -0.390 e. The molecule has 0 radical (unpaired) electrons. The number of ether oxygens (including phenoxy) is 1. The molecule has 1 saturated heterocycles. The number of nitrogens with one attached hydrogen (secondary N) is 2. The fourth-order valence-electron chi connectivity index (χ4n) is 6.83. The molecule has 3 amide bonds. The van der Waals surface area contributed by atoms with Gasteiger partial charge in [0, 0.05) is 24.9 Å². The predicted octanol–water partition coefficient (Wildman–Crippen LogP) is 2.52. The van der Waals surface area contributed by atoms with E-state index in [9.17, 15) is 24.6 Å². The lowest BCUT2D eigenvalue weighted by Gasteiger charge is -2.33. The molecule has 10 nitrogen and oxygen atoms in total. The molecule has 0 bridgehead atoms. The van der Waals surface area contributed by atoms with Crippen molar-refractivity contribution in [1.29, 1.82) is 0 Å². The summed E-state index contributed by atoms with van der Waals surface area (Å²) >= 11 is 1.42. The number of rotatable bonds is 14. The zero-order valence-electron chi connectivity index (χ0n) is 25.4. The van der Waals surface area contributed by atoms with Gasteiger partial charge in [0.2, 0.25) is 17.7 Å². The van der Waals surface area contributed by atoms with E-state index in [1.165, 1.54) is 17.8 Å². The fourth-order valence-corrected chi connectivity index (χ4v) is 7.41. The summed E-state index contributed by atoms with van der Waals surface area (Å²) in [6.07, 6.45) is 5.36. The maximum atomic E-state index is 13.8. The molecule has 2 aliphatic carbocycles. The van der Waals surface area contributed by atoms with Crippen LogP contribution in [-0.2, 0) is 25.5 Å². The molecular weight excluding hydrogens is 556 g/mol. The van der Waals surface area contributed by atoms with Crippen LogP contribution in [0.3, 0.4) is 0 Å². The second-order valence-electron chi connectivity index (χ2n) is 12.8. The highest BCUT2D eigenvalue weighted by molar-refractivity contribution is 7.07. The Morgan fingerprint density at radius 3 is 2.43 bits per heavy atom. The lowest BCUT2D eigenvalue weighted by molar-refractivity contribution is -0.138. The highest BCUT2D eigenvalue weighted by atomic mass is 32.1. The van der Waals surface area contributed by atoms with Gasteiger partial charge in [-0.15, -0.1) is 11.3 Å². The van der Waals surface area contributed by atoms with Crippen molar-refractivity contribution in [1.82, 2.24) is 20.5 Å². The van der Waals surface area contributed by atoms with Crippen LogP contribution in [0.15, 0.2) is 10.9 Å². The summed E-state index contributed by atoms with van der Waals surface area (Å²) in [5, 5.41) is 29.8. The molecule has 3 fully saturated rings. The Balaban J connectivity index is 1.47. The summed E-state index contributed by atoms with van der Waals surface area (Å²) in [4.78, 5) is 46.8. The fraction of sp³-hybridized carbons (Fsp3) is 0.806. The van der Waals surface area contributed by atoms with E-state index >= 15 is 0 Å². The number of nitrogens with zero attached hydrogens (tertiary/aromatic N) is 2. The third-order valence-electron chi connectivity index (χ3n) is 9.24. The van der Waals surface area contributed by atoms with Crippen LogP contribution >= 0.6 is 11.3 Å². The van der Waals surface area contributed by atoms with Gasteiger partial charge < -0.3 is 30.5 Å². The Morgan fingerprint density at radius 1 is 1.10 bits per heavy atom. The largest absolute Gasteiger partial charge is 0.390 e. The van der Waals surface area contributed by atoms with Crippen molar-refractivity contribution in [2.75, 3.05) is 26.3 Å². The van der Waals surface area contributed by atoms with Crippen molar-refractivity contribution in [2.45, 2.75) is 103 Å². The van der Waals surface area contributed by atoms with Gasteiger partial charge in [-0.05, 0) is 30.6 Å². The smallest absolute Gasteiger partial charge is 0.243 e. The molecule has 2 saturated carbocycles. The van der Waals surface area contributed by atoms with Gasteiger partial charge in [0.25, 0.3) is 0 Å². The van der Waals surface area contributed by atoms with Crippen molar-refractivity contribution in [3.05, 3.63) is 16.6 Å². The van der Waals surface area contributed by atoms with Gasteiger partial charge in [-0.3, -0.25) is 14.4 Å². The number of aliphatic hydroxyl groups is 2. The molecule has 4 N–H and O–H groups in total. The first-order valence-corrected chi connectivity index (χ1v) is 16.8. The third-order valence-corrected chi connectivity index (χ3v) is 9.87. The molecule has 42 heavy (non-hydrogen) atoms. The number of amides is 3. The first-order chi connectivity index (χ1) is 20.2. The molecular formula is C31H50N4O6S. The lowest BCUT2D eigenvalue weighted by Crippen LogP contribution is -2.56. The molecule has 0 aromatic carbocycles. The zero-order chi connectivity index (χ0) is 30.2. The highest BCUT2D eigenvalue weighted by Crippen LogP contribution is 2.50. The summed E-state index contributed by atoms with van der Waals surface area (Å²) in [5.74, 6) is -1.09. The van der Waals surface area contributed by atoms with E-state index < -0.39 is 36.1 Å². The number of thiazole rings is 1. The second-order valence-corrected chi connectivity index (χ2v) is 13.6. The van der Waals surface area contributed by atoms with Crippen LogP contribution < -0.4 is 10.6 Å². The molecule has 1 aromatic rings. The zero-order valence-corrected chi connectivity index (χ0v) is 26.2. The Bertz CT molecular complexity index is 1010. The van der Waals surface area contributed by atoms with Crippen molar-refractivity contribution < 1.29 is 29.3 Å². The van der Waals surface area contributed by atoms with E-state index in [4.69, 9.17) is 4.74 Å². The van der Waals surface area contributed by atoms with Crippen LogP contribution in [0, 0.1) is 29.6 Å². The second kappa shape index (κ2) is 15.6. The summed E-state index contributed by atoms with van der Waals surface area (Å²) in [6.45, 7) is 8.02. The maximum absolute atomic E-state index is 13.8. The average Bonchev–Trinajstić information content (AvgIpc) is 3.50. The van der Waals surface area contributed by atoms with Crippen molar-refractivity contribution in [3.63, 3.8) is 0 Å². The van der Waals surface area contributed by atoms with Gasteiger partial charge in [0.05, 0.1) is 48.4 Å². The van der Waals surface area contributed by atoms with Crippen LogP contribution in [0.2, 0.25) is 0 Å². The van der Waals surface area contributed by atoms with Crippen molar-refractivity contribution >= 4 is 29.1 Å². The van der Waals surface area contributed by atoms with Crippen LogP contribution in [-0.4, -0.2) is 88.4 Å². The minimum absolute atomic E-state index is 0.0133. The standard InChI is InChI=1S/C31H50N4O6S/c1-4-22-26(27(22)31(40)35-10-12-41-13-11-35)30(39)34-24(16-21-17-42-18-32-21)29(38)33-23(15-20-8-6-5-7-9-20)28(37)25(36)14-19(2)3/h17-20,22-28,36-37H,4-16H2,1-3H3,(H,33,38)(H,34,39)/t22-,23-,24-,25-,26+,27+,28+/m0/s1. The maximum Gasteiger partial charge on any atom is 0.243 e. The van der Waals surface area contributed by atoms with Crippen molar-refractivity contribution in [2.24, 2.45) is 29.6 Å². The number of carbonyl (C=O) groups excluding carboxylic acids is 3. The number of carbonyl (C=O) groups is 3. The lowest BCUT2D eigenvalue weighted by atomic mass is 9.82. The molecule has 0 unspecified atom stereocenters. The SMILES string of the molecule is CC[C@H]1[C@@H](C(=O)N[C@@H](Cc2cscn2)C(=O)N[C@@H](CC2CCCCC2)[C@@H](O)[C@@H](O)CC(C)C)[C@@H]1C(=O)N1CCOCC1. The quantitative estimate of drug-likeness (QED) is 0.255. The molecule has 1 aromatic heterocycles. The Hall–Kier alpha value is -2.08. The van der Waals surface area contributed by atoms with E-state index in [0.717, 1.165) is 25.7 Å². The summed E-state index contributed by atoms with van der Waals surface area (Å²) < 4.78 is 5.38. The first-order valence-electron chi connectivity index (χ1n) is 15.9. The monoisotopic (exact) mass is 606 g/mol. The molecule has 3 aliphatic rings. The number of aliphatic hydroxyl groups excluding tert-OH is 2. The molecule has 4 rings (SSSR count). The van der Waals surface area contributed by atoms with Crippen molar-refractivity contribution in [3.8, 4) is 0 Å². The highest BCUT2D eigenvalue weighted by Gasteiger charge is 2.59. The number of morpholine rings is 1. The number of aromatic nitrogens is 1. The third kappa shape index (κ3) is 8.74. The molecule has 11 heteroatoms. The van der Waals surface area contributed by atoms with E-state index in [1.54, 1.807) is 10.4 Å². The normalized spacial score (nSPS) is 25.9. The Labute approximate surface area is 254 Å². The minimum atomic E-state index is -1.11. The van der Waals surface area contributed by atoms with Crippen LogP contribution in [0.1, 0.15) is 77.8 Å². The predicted molar refractivity (Wildman–Crippen MR) is 160 cm³/mol. The van der Waals surface area contributed by atoms with Gasteiger partial charge in [-0.2, -0.15) is 0 Å². The van der Waals surface area contributed by atoms with Gasteiger partial charge in [-0.1, -0.05) is 59.3 Å². The summed E-state index contributed by atoms with van der Waals surface area (Å²) in [7, 11) is 0. The first kappa shape index (κ1) is 32.8. The Morgan fingerprint density at radius 2 is 1.81 bits per heavy atom. The van der Waals surface area contributed by atoms with E-state index in [2.05, 4.69) is 15.6 Å². The van der Waals surface area contributed by atoms with E-state index in [0.29, 0.717) is 57.2 Å². The molecule has 1 aliphatic heterocycles. The van der Waals surface area contributed by atoms with Crippen LogP contribution in [0.25, 0.3) is 0 Å². The van der Waals surface area contributed by atoms with Gasteiger partial charge >= 0.3 is 0 Å². The van der Waals surface area contributed by atoms with Crippen LogP contribution in [0.5, 0.6) is 0 Å². The summed E-state index contributed by atoms with van der Waals surface area (Å²) in [5.41, 5.74) is 2.38. The molecule has 236 valence electrons. The molecule has 2 heterocycles. The number of hydrogen-bond donors (Lipinski definition) is 4. The molecule has 7 atom stereocenters. The topological polar surface area (TPSA) is 141 Å². The van der Waals surface area contributed by atoms with Crippen LogP contribution in [0.4, 0.5) is 0 Å². The van der Waals surface area contributed by atoms with E-state index in [1.807, 2.05) is 26.2 Å². The van der Waals surface area contributed by atoms with Gasteiger partial charge in [0.1, 0.15) is 12.1 Å².